The molecule has 146 valence electrons. The normalized spacial score (nSPS) is 18.6. The molecule has 1 saturated heterocycles. The van der Waals surface area contributed by atoms with E-state index in [1.54, 1.807) is 9.58 Å². The van der Waals surface area contributed by atoms with Crippen LogP contribution < -0.4 is 0 Å². The molecule has 0 unspecified atom stereocenters. The number of amides is 1. The summed E-state index contributed by atoms with van der Waals surface area (Å²) in [5.74, 6) is 0.270. The van der Waals surface area contributed by atoms with E-state index in [9.17, 15) is 13.2 Å². The van der Waals surface area contributed by atoms with Crippen LogP contribution in [0, 0.1) is 13.8 Å². The van der Waals surface area contributed by atoms with Crippen LogP contribution in [0.1, 0.15) is 24.5 Å². The molecule has 0 saturated carbocycles. The van der Waals surface area contributed by atoms with E-state index in [4.69, 9.17) is 0 Å². The molecule has 1 amide bonds. The van der Waals surface area contributed by atoms with Gasteiger partial charge in [-0.15, -0.1) is 5.10 Å². The zero-order valence-corrected chi connectivity index (χ0v) is 17.3. The van der Waals surface area contributed by atoms with E-state index >= 15 is 0 Å². The molecule has 2 heterocycles. The van der Waals surface area contributed by atoms with E-state index in [0.717, 1.165) is 16.8 Å². The third kappa shape index (κ3) is 4.67. The van der Waals surface area contributed by atoms with E-state index < -0.39 is 9.84 Å². The fourth-order valence-electron chi connectivity index (χ4n) is 3.37. The third-order valence-electron chi connectivity index (χ3n) is 4.53. The number of hydrogen-bond donors (Lipinski definition) is 0. The summed E-state index contributed by atoms with van der Waals surface area (Å²) in [4.78, 5) is 14.3. The Morgan fingerprint density at radius 2 is 2.00 bits per heavy atom. The van der Waals surface area contributed by atoms with Crippen molar-refractivity contribution < 1.29 is 13.2 Å². The van der Waals surface area contributed by atoms with Gasteiger partial charge in [-0.05, 0) is 60.9 Å². The molecule has 0 radical (unpaired) electrons. The number of carbonyl (C=O) groups is 1. The van der Waals surface area contributed by atoms with Gasteiger partial charge in [0.2, 0.25) is 11.1 Å². The summed E-state index contributed by atoms with van der Waals surface area (Å²) in [6, 6.07) is 5.80. The molecule has 2 aromatic rings. The van der Waals surface area contributed by atoms with Gasteiger partial charge in [0.25, 0.3) is 0 Å². The molecule has 1 fully saturated rings. The standard InChI is InChI=1S/C17H23N5O3S2/c1-4-21(14-5-6-27(24,25)11-14)16(23)10-26-17-18-19-20-22(17)15-8-12(2)7-13(3)9-15/h7-9,14H,4-6,10-11H2,1-3H3/t14-/m1/s1. The number of hydrogen-bond acceptors (Lipinski definition) is 7. The van der Waals surface area contributed by atoms with Crippen LogP contribution >= 0.6 is 11.8 Å². The second kappa shape index (κ2) is 7.97. The van der Waals surface area contributed by atoms with Crippen LogP contribution in [-0.2, 0) is 14.6 Å². The SMILES string of the molecule is CCN(C(=O)CSc1nnnn1-c1cc(C)cc(C)c1)[C@@H]1CCS(=O)(=O)C1. The van der Waals surface area contributed by atoms with Crippen molar-refractivity contribution in [3.05, 3.63) is 29.3 Å². The first kappa shape index (κ1) is 19.8. The fraction of sp³-hybridized carbons (Fsp3) is 0.529. The first-order chi connectivity index (χ1) is 12.8. The van der Waals surface area contributed by atoms with Crippen LogP contribution in [0.15, 0.2) is 23.4 Å². The Morgan fingerprint density at radius 3 is 2.59 bits per heavy atom. The van der Waals surface area contributed by atoms with Crippen molar-refractivity contribution in [1.29, 1.82) is 0 Å². The third-order valence-corrected chi connectivity index (χ3v) is 7.18. The fourth-order valence-corrected chi connectivity index (χ4v) is 5.88. The second-order valence-corrected chi connectivity index (χ2v) is 9.92. The molecule has 1 aromatic heterocycles. The zero-order chi connectivity index (χ0) is 19.6. The van der Waals surface area contributed by atoms with E-state index in [1.807, 2.05) is 32.9 Å². The van der Waals surface area contributed by atoms with E-state index in [0.29, 0.717) is 18.1 Å². The van der Waals surface area contributed by atoms with Gasteiger partial charge in [0.1, 0.15) is 0 Å². The number of nitrogens with zero attached hydrogens (tertiary/aromatic N) is 5. The molecule has 0 aliphatic carbocycles. The molecular formula is C17H23N5O3S2. The van der Waals surface area contributed by atoms with Crippen LogP contribution in [-0.4, -0.2) is 69.3 Å². The van der Waals surface area contributed by atoms with Crippen molar-refractivity contribution in [2.45, 2.75) is 38.4 Å². The second-order valence-electron chi connectivity index (χ2n) is 6.74. The number of tetrazole rings is 1. The predicted octanol–water partition coefficient (Wildman–Crippen LogP) is 1.41. The molecule has 3 rings (SSSR count). The van der Waals surface area contributed by atoms with Crippen LogP contribution in [0.3, 0.4) is 0 Å². The smallest absolute Gasteiger partial charge is 0.233 e. The van der Waals surface area contributed by atoms with E-state index in [2.05, 4.69) is 21.6 Å². The van der Waals surface area contributed by atoms with Crippen molar-refractivity contribution in [3.63, 3.8) is 0 Å². The summed E-state index contributed by atoms with van der Waals surface area (Å²) in [6.07, 6.45) is 0.507. The Morgan fingerprint density at radius 1 is 1.30 bits per heavy atom. The summed E-state index contributed by atoms with van der Waals surface area (Å²) in [5.41, 5.74) is 3.06. The van der Waals surface area contributed by atoms with Crippen LogP contribution in [0.5, 0.6) is 0 Å². The molecule has 0 spiro atoms. The van der Waals surface area contributed by atoms with Gasteiger partial charge in [-0.25, -0.2) is 8.42 Å². The van der Waals surface area contributed by atoms with Gasteiger partial charge in [-0.2, -0.15) is 4.68 Å². The molecule has 1 aromatic carbocycles. The van der Waals surface area contributed by atoms with Crippen molar-refractivity contribution in [3.8, 4) is 5.69 Å². The molecule has 1 aliphatic heterocycles. The summed E-state index contributed by atoms with van der Waals surface area (Å²) >= 11 is 1.26. The first-order valence-corrected chi connectivity index (χ1v) is 11.6. The van der Waals surface area contributed by atoms with Gasteiger partial charge in [0.05, 0.1) is 22.9 Å². The maximum atomic E-state index is 12.7. The highest BCUT2D eigenvalue weighted by Crippen LogP contribution is 2.23. The molecular weight excluding hydrogens is 386 g/mol. The summed E-state index contributed by atoms with van der Waals surface area (Å²) < 4.78 is 25.0. The summed E-state index contributed by atoms with van der Waals surface area (Å²) in [6.45, 7) is 6.37. The number of thioether (sulfide) groups is 1. The number of benzene rings is 1. The van der Waals surface area contributed by atoms with E-state index in [1.165, 1.54) is 11.8 Å². The van der Waals surface area contributed by atoms with Gasteiger partial charge in [0, 0.05) is 12.6 Å². The van der Waals surface area contributed by atoms with Crippen molar-refractivity contribution in [2.75, 3.05) is 23.8 Å². The maximum absolute atomic E-state index is 12.7. The van der Waals surface area contributed by atoms with Crippen molar-refractivity contribution in [1.82, 2.24) is 25.1 Å². The number of sulfone groups is 1. The Hall–Kier alpha value is -1.94. The lowest BCUT2D eigenvalue weighted by atomic mass is 10.1. The Kier molecular flexibility index (Phi) is 5.85. The van der Waals surface area contributed by atoms with Gasteiger partial charge < -0.3 is 4.90 Å². The van der Waals surface area contributed by atoms with E-state index in [-0.39, 0.29) is 29.2 Å². The molecule has 0 N–H and O–H groups in total. The number of aromatic nitrogens is 4. The highest BCUT2D eigenvalue weighted by Gasteiger charge is 2.33. The lowest BCUT2D eigenvalue weighted by Gasteiger charge is -2.26. The van der Waals surface area contributed by atoms with Crippen LogP contribution in [0.25, 0.3) is 5.69 Å². The zero-order valence-electron chi connectivity index (χ0n) is 15.6. The molecule has 1 aliphatic rings. The topological polar surface area (TPSA) is 98.1 Å². The minimum absolute atomic E-state index is 0.0531. The van der Waals surface area contributed by atoms with Gasteiger partial charge >= 0.3 is 0 Å². The van der Waals surface area contributed by atoms with Gasteiger partial charge in [-0.3, -0.25) is 4.79 Å². The highest BCUT2D eigenvalue weighted by atomic mass is 32.2. The average molecular weight is 410 g/mol. The highest BCUT2D eigenvalue weighted by molar-refractivity contribution is 7.99. The first-order valence-electron chi connectivity index (χ1n) is 8.79. The van der Waals surface area contributed by atoms with Gasteiger partial charge in [-0.1, -0.05) is 17.8 Å². The molecule has 0 bridgehead atoms. The number of carbonyl (C=O) groups excluding carboxylic acids is 1. The maximum Gasteiger partial charge on any atom is 0.233 e. The largest absolute Gasteiger partial charge is 0.338 e. The minimum Gasteiger partial charge on any atom is -0.338 e. The minimum atomic E-state index is -3.03. The van der Waals surface area contributed by atoms with Gasteiger partial charge in [0.15, 0.2) is 9.84 Å². The van der Waals surface area contributed by atoms with Crippen LogP contribution in [0.4, 0.5) is 0 Å². The van der Waals surface area contributed by atoms with Crippen molar-refractivity contribution in [2.24, 2.45) is 0 Å². The molecule has 1 atom stereocenters. The molecule has 8 nitrogen and oxygen atoms in total. The van der Waals surface area contributed by atoms with Crippen molar-refractivity contribution >= 4 is 27.5 Å². The van der Waals surface area contributed by atoms with Crippen LogP contribution in [0.2, 0.25) is 0 Å². The lowest BCUT2D eigenvalue weighted by Crippen LogP contribution is -2.42. The predicted molar refractivity (Wildman–Crippen MR) is 104 cm³/mol. The molecule has 27 heavy (non-hydrogen) atoms. The monoisotopic (exact) mass is 409 g/mol. The Balaban J connectivity index is 1.70. The summed E-state index contributed by atoms with van der Waals surface area (Å²) in [7, 11) is -3.03. The Labute approximate surface area is 163 Å². The lowest BCUT2D eigenvalue weighted by molar-refractivity contribution is -0.129. The summed E-state index contributed by atoms with van der Waals surface area (Å²) in [5, 5.41) is 12.3. The number of rotatable bonds is 6. The Bertz CT molecular complexity index is 922. The quantitative estimate of drug-likeness (QED) is 0.665. The number of aryl methyl sites for hydroxylation is 2. The molecule has 10 heteroatoms. The average Bonchev–Trinajstić information content (AvgIpc) is 3.19.